The molecule has 0 fully saturated rings. The van der Waals surface area contributed by atoms with Crippen LogP contribution in [0.5, 0.6) is 0 Å². The predicted octanol–water partition coefficient (Wildman–Crippen LogP) is 2.08. The fourth-order valence-corrected chi connectivity index (χ4v) is 2.47. The first-order valence-corrected chi connectivity index (χ1v) is 6.97. The lowest BCUT2D eigenvalue weighted by atomic mass is 10.00. The van der Waals surface area contributed by atoms with Crippen LogP contribution in [-0.4, -0.2) is 43.7 Å². The van der Waals surface area contributed by atoms with E-state index >= 15 is 0 Å². The Bertz CT molecular complexity index is 434. The first-order valence-electron chi connectivity index (χ1n) is 6.97. The van der Waals surface area contributed by atoms with Crippen molar-refractivity contribution < 1.29 is 9.53 Å². The highest BCUT2D eigenvalue weighted by molar-refractivity contribution is 5.88. The minimum Gasteiger partial charge on any atom is -0.384 e. The van der Waals surface area contributed by atoms with Crippen LogP contribution in [0.3, 0.4) is 0 Å². The average molecular weight is 262 g/mol. The number of nitrogens with one attached hydrogen (secondary N) is 1. The summed E-state index contributed by atoms with van der Waals surface area (Å²) in [5.41, 5.74) is 2.20. The lowest BCUT2D eigenvalue weighted by molar-refractivity contribution is -0.132. The number of likely N-dealkylation sites (N-methyl/N-ethyl adjacent to an activating group) is 1. The van der Waals surface area contributed by atoms with Crippen LogP contribution in [0.15, 0.2) is 24.3 Å². The van der Waals surface area contributed by atoms with E-state index in [2.05, 4.69) is 5.32 Å². The lowest BCUT2D eigenvalue weighted by Gasteiger charge is -2.24. The summed E-state index contributed by atoms with van der Waals surface area (Å²) >= 11 is 0. The van der Waals surface area contributed by atoms with E-state index in [-0.39, 0.29) is 11.8 Å². The molecule has 2 rings (SSSR count). The quantitative estimate of drug-likeness (QED) is 0.798. The van der Waals surface area contributed by atoms with E-state index in [9.17, 15) is 4.79 Å². The Balaban J connectivity index is 2.03. The molecule has 4 heteroatoms. The van der Waals surface area contributed by atoms with Crippen molar-refractivity contribution >= 4 is 11.6 Å². The Kier molecular flexibility index (Phi) is 4.80. The maximum atomic E-state index is 12.6. The van der Waals surface area contributed by atoms with Gasteiger partial charge in [-0.1, -0.05) is 18.2 Å². The highest BCUT2D eigenvalue weighted by Crippen LogP contribution is 2.32. The molecule has 1 unspecified atom stereocenters. The van der Waals surface area contributed by atoms with Gasteiger partial charge in [-0.3, -0.25) is 4.79 Å². The molecule has 19 heavy (non-hydrogen) atoms. The van der Waals surface area contributed by atoms with Crippen LogP contribution in [-0.2, 0) is 9.53 Å². The topological polar surface area (TPSA) is 41.6 Å². The summed E-state index contributed by atoms with van der Waals surface area (Å²) in [6.07, 6.45) is 0. The second-order valence-electron chi connectivity index (χ2n) is 4.64. The number of benzene rings is 1. The van der Waals surface area contributed by atoms with Crippen LogP contribution in [0, 0.1) is 0 Å². The van der Waals surface area contributed by atoms with E-state index in [0.717, 1.165) is 17.8 Å². The van der Waals surface area contributed by atoms with E-state index < -0.39 is 0 Å². The van der Waals surface area contributed by atoms with Gasteiger partial charge in [-0.15, -0.1) is 0 Å². The molecular weight excluding hydrogens is 240 g/mol. The summed E-state index contributed by atoms with van der Waals surface area (Å²) in [5, 5.41) is 3.30. The van der Waals surface area contributed by atoms with Crippen molar-refractivity contribution in [2.24, 2.45) is 0 Å². The van der Waals surface area contributed by atoms with Gasteiger partial charge in [-0.25, -0.2) is 0 Å². The second-order valence-corrected chi connectivity index (χ2v) is 4.64. The number of ether oxygens (including phenoxy) is 1. The summed E-state index contributed by atoms with van der Waals surface area (Å²) in [6, 6.07) is 8.04. The number of para-hydroxylation sites is 1. The third-order valence-electron chi connectivity index (χ3n) is 3.53. The Labute approximate surface area is 114 Å². The monoisotopic (exact) mass is 262 g/mol. The van der Waals surface area contributed by atoms with Crippen LogP contribution in [0.1, 0.15) is 25.3 Å². The van der Waals surface area contributed by atoms with Crippen molar-refractivity contribution in [2.45, 2.75) is 19.8 Å². The summed E-state index contributed by atoms with van der Waals surface area (Å²) < 4.78 is 5.34. The fraction of sp³-hybridized carbons (Fsp3) is 0.533. The van der Waals surface area contributed by atoms with Gasteiger partial charge in [0.05, 0.1) is 12.5 Å². The molecule has 104 valence electrons. The number of carbonyl (C=O) groups is 1. The third-order valence-corrected chi connectivity index (χ3v) is 3.53. The van der Waals surface area contributed by atoms with Crippen LogP contribution < -0.4 is 5.32 Å². The van der Waals surface area contributed by atoms with E-state index in [1.807, 2.05) is 43.0 Å². The van der Waals surface area contributed by atoms with E-state index in [0.29, 0.717) is 26.3 Å². The smallest absolute Gasteiger partial charge is 0.232 e. The minimum atomic E-state index is -0.0576. The maximum absolute atomic E-state index is 12.6. The first kappa shape index (κ1) is 13.9. The van der Waals surface area contributed by atoms with Gasteiger partial charge in [0.15, 0.2) is 0 Å². The highest BCUT2D eigenvalue weighted by atomic mass is 16.5. The molecular formula is C15H22N2O2. The SMILES string of the molecule is CCOCCN(CC)C(=O)C1CNc2ccccc21. The normalized spacial score (nSPS) is 16.8. The molecule has 0 bridgehead atoms. The lowest BCUT2D eigenvalue weighted by Crippen LogP contribution is -2.38. The number of hydrogen-bond acceptors (Lipinski definition) is 3. The van der Waals surface area contributed by atoms with Crippen LogP contribution in [0.25, 0.3) is 0 Å². The van der Waals surface area contributed by atoms with Gasteiger partial charge >= 0.3 is 0 Å². The predicted molar refractivity (Wildman–Crippen MR) is 76.4 cm³/mol. The maximum Gasteiger partial charge on any atom is 0.232 e. The van der Waals surface area contributed by atoms with Gasteiger partial charge in [0, 0.05) is 31.9 Å². The van der Waals surface area contributed by atoms with Crippen LogP contribution in [0.4, 0.5) is 5.69 Å². The molecule has 1 amide bonds. The van der Waals surface area contributed by atoms with Crippen molar-refractivity contribution in [3.8, 4) is 0 Å². The Morgan fingerprint density at radius 3 is 2.95 bits per heavy atom. The van der Waals surface area contributed by atoms with Gasteiger partial charge in [-0.2, -0.15) is 0 Å². The minimum absolute atomic E-state index is 0.0576. The highest BCUT2D eigenvalue weighted by Gasteiger charge is 2.30. The molecule has 1 aromatic rings. The summed E-state index contributed by atoms with van der Waals surface area (Å²) in [7, 11) is 0. The molecule has 4 nitrogen and oxygen atoms in total. The molecule has 0 aliphatic carbocycles. The fourth-order valence-electron chi connectivity index (χ4n) is 2.47. The van der Waals surface area contributed by atoms with Gasteiger partial charge in [-0.05, 0) is 25.5 Å². The molecule has 0 saturated carbocycles. The molecule has 0 saturated heterocycles. The van der Waals surface area contributed by atoms with E-state index in [1.54, 1.807) is 0 Å². The number of fused-ring (bicyclic) bond motifs is 1. The first-order chi connectivity index (χ1) is 9.27. The van der Waals surface area contributed by atoms with Gasteiger partial charge in [0.2, 0.25) is 5.91 Å². The Hall–Kier alpha value is -1.55. The zero-order valence-electron chi connectivity index (χ0n) is 11.7. The van der Waals surface area contributed by atoms with E-state index in [4.69, 9.17) is 4.74 Å². The van der Waals surface area contributed by atoms with Gasteiger partial charge in [0.1, 0.15) is 0 Å². The number of rotatable bonds is 6. The molecule has 1 aliphatic rings. The largest absolute Gasteiger partial charge is 0.384 e. The average Bonchev–Trinajstić information content (AvgIpc) is 2.87. The van der Waals surface area contributed by atoms with Crippen LogP contribution in [0.2, 0.25) is 0 Å². The molecule has 1 N–H and O–H groups in total. The molecule has 1 heterocycles. The number of carbonyl (C=O) groups excluding carboxylic acids is 1. The molecule has 0 radical (unpaired) electrons. The molecule has 1 aromatic carbocycles. The van der Waals surface area contributed by atoms with Gasteiger partial charge in [0.25, 0.3) is 0 Å². The van der Waals surface area contributed by atoms with E-state index in [1.165, 1.54) is 0 Å². The molecule has 1 aliphatic heterocycles. The van der Waals surface area contributed by atoms with Crippen molar-refractivity contribution in [2.75, 3.05) is 38.2 Å². The zero-order chi connectivity index (χ0) is 13.7. The van der Waals surface area contributed by atoms with Crippen LogP contribution >= 0.6 is 0 Å². The Morgan fingerprint density at radius 1 is 1.42 bits per heavy atom. The number of amides is 1. The standard InChI is InChI=1S/C15H22N2O2/c1-3-17(9-10-19-4-2)15(18)13-11-16-14-8-6-5-7-12(13)14/h5-8,13,16H,3-4,9-11H2,1-2H3. The Morgan fingerprint density at radius 2 is 2.21 bits per heavy atom. The van der Waals surface area contributed by atoms with Crippen molar-refractivity contribution in [1.82, 2.24) is 4.90 Å². The zero-order valence-corrected chi connectivity index (χ0v) is 11.7. The number of hydrogen-bond donors (Lipinski definition) is 1. The summed E-state index contributed by atoms with van der Waals surface area (Å²) in [4.78, 5) is 14.4. The van der Waals surface area contributed by atoms with Crippen molar-refractivity contribution in [3.63, 3.8) is 0 Å². The van der Waals surface area contributed by atoms with Gasteiger partial charge < -0.3 is 15.0 Å². The summed E-state index contributed by atoms with van der Waals surface area (Å²) in [6.45, 7) is 7.38. The molecule has 0 aromatic heterocycles. The number of nitrogens with zero attached hydrogens (tertiary/aromatic N) is 1. The second kappa shape index (κ2) is 6.57. The molecule has 0 spiro atoms. The molecule has 1 atom stereocenters. The van der Waals surface area contributed by atoms with Crippen molar-refractivity contribution in [1.29, 1.82) is 0 Å². The van der Waals surface area contributed by atoms with Crippen molar-refractivity contribution in [3.05, 3.63) is 29.8 Å². The number of anilines is 1. The summed E-state index contributed by atoms with van der Waals surface area (Å²) in [5.74, 6) is 0.137. The third kappa shape index (κ3) is 3.07.